The van der Waals surface area contributed by atoms with E-state index in [9.17, 15) is 23.6 Å². The molecule has 0 saturated carbocycles. The first-order valence-electron chi connectivity index (χ1n) is 17.9. The lowest BCUT2D eigenvalue weighted by Crippen LogP contribution is -2.31. The molecule has 276 valence electrons. The Balaban J connectivity index is 0. The van der Waals surface area contributed by atoms with E-state index in [2.05, 4.69) is 38.2 Å². The monoisotopic (exact) mass is 685 g/mol. The molecule has 0 aromatic heterocycles. The van der Waals surface area contributed by atoms with E-state index in [4.69, 9.17) is 10.2 Å². The highest BCUT2D eigenvalue weighted by molar-refractivity contribution is 5.78. The second-order valence-electron chi connectivity index (χ2n) is 11.9. The molecule has 0 bridgehead atoms. The molecule has 0 spiro atoms. The number of carbonyl (C=O) groups excluding carboxylic acids is 4. The van der Waals surface area contributed by atoms with Crippen LogP contribution in [0.25, 0.3) is 11.1 Å². The highest BCUT2D eigenvalue weighted by Crippen LogP contribution is 2.23. The van der Waals surface area contributed by atoms with Crippen LogP contribution in [0.3, 0.4) is 0 Å². The number of aliphatic hydroxyl groups excluding tert-OH is 2. The number of nitrogens with one attached hydrogen (secondary N) is 1. The maximum atomic E-state index is 13.6. The van der Waals surface area contributed by atoms with Gasteiger partial charge in [0.1, 0.15) is 24.2 Å². The summed E-state index contributed by atoms with van der Waals surface area (Å²) in [6.07, 6.45) is 22.6. The van der Waals surface area contributed by atoms with Gasteiger partial charge in [0.15, 0.2) is 0 Å². The Labute approximate surface area is 295 Å². The van der Waals surface area contributed by atoms with E-state index in [1.54, 1.807) is 30.3 Å². The van der Waals surface area contributed by atoms with Gasteiger partial charge in [-0.25, -0.2) is 4.39 Å². The predicted molar refractivity (Wildman–Crippen MR) is 200 cm³/mol. The summed E-state index contributed by atoms with van der Waals surface area (Å²) in [5.74, 6) is 0.719. The van der Waals surface area contributed by atoms with Gasteiger partial charge in [-0.1, -0.05) is 120 Å². The van der Waals surface area contributed by atoms with Gasteiger partial charge in [0.25, 0.3) is 0 Å². The zero-order valence-corrected chi connectivity index (χ0v) is 30.7. The first kappa shape index (κ1) is 47.6. The van der Waals surface area contributed by atoms with E-state index in [1.807, 2.05) is 12.1 Å². The molecule has 0 aliphatic carbocycles. The van der Waals surface area contributed by atoms with Gasteiger partial charge in [0.2, 0.25) is 6.41 Å². The zero-order chi connectivity index (χ0) is 37.1. The van der Waals surface area contributed by atoms with Crippen LogP contribution in [0.15, 0.2) is 60.7 Å². The molecule has 0 fully saturated rings. The molecule has 0 radical (unpaired) electrons. The predicted octanol–water partition coefficient (Wildman–Crippen LogP) is 8.63. The fourth-order valence-electron chi connectivity index (χ4n) is 5.23. The molecular weight excluding hydrogens is 621 g/mol. The van der Waals surface area contributed by atoms with Gasteiger partial charge in [-0.15, -0.1) is 0 Å². The van der Waals surface area contributed by atoms with Crippen molar-refractivity contribution < 1.29 is 33.8 Å². The Morgan fingerprint density at radius 1 is 0.776 bits per heavy atom. The number of unbranched alkanes of at least 4 members (excludes halogenated alkanes) is 8. The Morgan fingerprint density at radius 2 is 1.37 bits per heavy atom. The van der Waals surface area contributed by atoms with E-state index < -0.39 is 6.04 Å². The summed E-state index contributed by atoms with van der Waals surface area (Å²) in [5, 5.41) is 16.4. The summed E-state index contributed by atoms with van der Waals surface area (Å²) in [7, 11) is 2.00. The van der Waals surface area contributed by atoms with Crippen LogP contribution in [0.5, 0.6) is 0 Å². The van der Waals surface area contributed by atoms with E-state index in [0.29, 0.717) is 36.4 Å². The van der Waals surface area contributed by atoms with Gasteiger partial charge >= 0.3 is 0 Å². The molecule has 2 rings (SSSR count). The van der Waals surface area contributed by atoms with Crippen molar-refractivity contribution >= 4 is 24.8 Å². The number of amides is 1. The number of aldehydes is 2. The van der Waals surface area contributed by atoms with Crippen molar-refractivity contribution in [2.75, 3.05) is 14.2 Å². The van der Waals surface area contributed by atoms with Gasteiger partial charge in [-0.2, -0.15) is 0 Å². The quantitative estimate of drug-likeness (QED) is 0.0578. The van der Waals surface area contributed by atoms with Crippen molar-refractivity contribution in [1.29, 1.82) is 0 Å². The van der Waals surface area contributed by atoms with E-state index >= 15 is 0 Å². The Hall–Kier alpha value is -3.49. The first-order valence-corrected chi connectivity index (χ1v) is 17.9. The van der Waals surface area contributed by atoms with Crippen LogP contribution in [0, 0.1) is 17.7 Å². The summed E-state index contributed by atoms with van der Waals surface area (Å²) < 4.78 is 13.6. The average molecular weight is 686 g/mol. The normalized spacial score (nSPS) is 12.1. The first-order chi connectivity index (χ1) is 23.9. The van der Waals surface area contributed by atoms with Crippen molar-refractivity contribution in [2.45, 2.75) is 123 Å². The zero-order valence-electron chi connectivity index (χ0n) is 30.7. The fourth-order valence-corrected chi connectivity index (χ4v) is 5.23. The van der Waals surface area contributed by atoms with E-state index in [-0.39, 0.29) is 11.7 Å². The van der Waals surface area contributed by atoms with E-state index in [0.717, 1.165) is 83.0 Å². The molecule has 7 nitrogen and oxygen atoms in total. The standard InChI is InChI=1S/C23H42O2.C16H14FNO2.2CH4O/c1-4-6-7-10-14-18-23(25)19-15-12-9-8-11-13-17-21(3)22(20-24)16-5-2;17-16-4-2-1-3-15(16)13-7-5-12(6-8-13)9-14(10-19)18-11-20;2*1-2/h13,17,20-22H,4-12,14-16,18-19H2,1-3H3;1-8,10-11,14H,9H2,(H,18,20);2*2H,1H3/b17-13+;;;. The Bertz CT molecular complexity index is 1120. The van der Waals surface area contributed by atoms with Crippen LogP contribution in [0.4, 0.5) is 4.39 Å². The third-order valence-electron chi connectivity index (χ3n) is 8.09. The molecule has 3 atom stereocenters. The van der Waals surface area contributed by atoms with Crippen LogP contribution in [-0.4, -0.2) is 55.2 Å². The molecule has 0 heterocycles. The van der Waals surface area contributed by atoms with Gasteiger partial charge in [0, 0.05) is 38.5 Å². The lowest BCUT2D eigenvalue weighted by Gasteiger charge is -2.13. The molecule has 3 unspecified atom stereocenters. The largest absolute Gasteiger partial charge is 0.400 e. The number of allylic oxidation sites excluding steroid dienone is 2. The number of carbonyl (C=O) groups is 4. The molecule has 1 amide bonds. The molecule has 3 N–H and O–H groups in total. The van der Waals surface area contributed by atoms with Gasteiger partial charge in [-0.05, 0) is 61.6 Å². The molecule has 0 aliphatic rings. The molecule has 2 aromatic rings. The Kier molecular flexibility index (Phi) is 33.4. The topological polar surface area (TPSA) is 121 Å². The highest BCUT2D eigenvalue weighted by atomic mass is 19.1. The molecule has 0 saturated heterocycles. The number of halogens is 1. The van der Waals surface area contributed by atoms with Crippen molar-refractivity contribution in [3.63, 3.8) is 0 Å². The maximum Gasteiger partial charge on any atom is 0.207 e. The summed E-state index contributed by atoms with van der Waals surface area (Å²) >= 11 is 0. The number of Topliss-reactive ketones (excluding diaryl/α,β-unsaturated/α-hetero) is 1. The molecular formula is C41H64FNO6. The lowest BCUT2D eigenvalue weighted by atomic mass is 9.91. The minimum Gasteiger partial charge on any atom is -0.400 e. The minimum atomic E-state index is -0.535. The van der Waals surface area contributed by atoms with Crippen LogP contribution in [0.2, 0.25) is 0 Å². The smallest absolute Gasteiger partial charge is 0.207 e. The van der Waals surface area contributed by atoms with Crippen LogP contribution in [0.1, 0.15) is 116 Å². The number of hydrogen-bond acceptors (Lipinski definition) is 6. The number of ketones is 1. The third-order valence-corrected chi connectivity index (χ3v) is 8.09. The summed E-state index contributed by atoms with van der Waals surface area (Å²) in [6.45, 7) is 6.49. The summed E-state index contributed by atoms with van der Waals surface area (Å²) in [6, 6.07) is 13.3. The minimum absolute atomic E-state index is 0.175. The molecule has 49 heavy (non-hydrogen) atoms. The average Bonchev–Trinajstić information content (AvgIpc) is 3.13. The summed E-state index contributed by atoms with van der Waals surface area (Å²) in [5.41, 5.74) is 2.21. The number of hydrogen-bond donors (Lipinski definition) is 3. The SMILES string of the molecule is CCCCCCCC(=O)CCCCCC/C=C/C(C)C(C=O)CCC.CO.CO.O=CNC(C=O)Cc1ccc(-c2ccccc2F)cc1. The van der Waals surface area contributed by atoms with Crippen LogP contribution < -0.4 is 5.32 Å². The van der Waals surface area contributed by atoms with Gasteiger partial charge < -0.3 is 25.1 Å². The molecule has 2 aromatic carbocycles. The van der Waals surface area contributed by atoms with Gasteiger partial charge in [0.05, 0.1) is 6.04 Å². The molecule has 8 heteroatoms. The number of aliphatic hydroxyl groups is 2. The summed E-state index contributed by atoms with van der Waals surface area (Å²) in [4.78, 5) is 43.9. The highest BCUT2D eigenvalue weighted by Gasteiger charge is 2.12. The molecule has 0 aliphatic heterocycles. The van der Waals surface area contributed by atoms with Crippen molar-refractivity contribution in [3.05, 3.63) is 72.1 Å². The second kappa shape index (κ2) is 34.4. The van der Waals surface area contributed by atoms with Crippen molar-refractivity contribution in [1.82, 2.24) is 5.32 Å². The number of rotatable bonds is 24. The van der Waals surface area contributed by atoms with Crippen molar-refractivity contribution in [3.8, 4) is 11.1 Å². The Morgan fingerprint density at radius 3 is 1.90 bits per heavy atom. The fraction of sp³-hybridized carbons (Fsp3) is 0.561. The number of benzene rings is 2. The van der Waals surface area contributed by atoms with Crippen LogP contribution >= 0.6 is 0 Å². The van der Waals surface area contributed by atoms with E-state index in [1.165, 1.54) is 44.6 Å². The maximum absolute atomic E-state index is 13.6. The second-order valence-corrected chi connectivity index (χ2v) is 11.9. The van der Waals surface area contributed by atoms with Crippen molar-refractivity contribution in [2.24, 2.45) is 11.8 Å². The third kappa shape index (κ3) is 24.3. The lowest BCUT2D eigenvalue weighted by molar-refractivity contribution is -0.119. The van der Waals surface area contributed by atoms with Crippen LogP contribution in [-0.2, 0) is 25.6 Å². The van der Waals surface area contributed by atoms with Gasteiger partial charge in [-0.3, -0.25) is 9.59 Å².